The van der Waals surface area contributed by atoms with E-state index < -0.39 is 11.7 Å². The number of aromatic hydroxyl groups is 2. The van der Waals surface area contributed by atoms with E-state index in [1.165, 1.54) is 12.1 Å². The highest BCUT2D eigenvalue weighted by atomic mass is 35.5. The Balaban J connectivity index is 2.30. The van der Waals surface area contributed by atoms with Crippen LogP contribution < -0.4 is 5.32 Å². The zero-order valence-corrected chi connectivity index (χ0v) is 11.3. The second kappa shape index (κ2) is 5.56. The normalized spacial score (nSPS) is 10.3. The molecule has 0 bridgehead atoms. The number of phenolic OH excluding ortho intramolecular Hbond substituents is 2. The number of anilines is 1. The van der Waals surface area contributed by atoms with Crippen molar-refractivity contribution >= 4 is 34.8 Å². The largest absolute Gasteiger partial charge is 0.507 e. The van der Waals surface area contributed by atoms with Crippen molar-refractivity contribution in [1.82, 2.24) is 0 Å². The van der Waals surface area contributed by atoms with Crippen molar-refractivity contribution in [1.29, 1.82) is 0 Å². The number of benzene rings is 2. The lowest BCUT2D eigenvalue weighted by molar-refractivity contribution is 0.102. The molecule has 0 saturated carbocycles. The molecular weight excluding hydrogens is 308 g/mol. The molecule has 0 aliphatic rings. The number of halogens is 3. The van der Waals surface area contributed by atoms with Crippen LogP contribution in [0.4, 0.5) is 10.1 Å². The van der Waals surface area contributed by atoms with Crippen LogP contribution in [0.1, 0.15) is 10.4 Å². The van der Waals surface area contributed by atoms with Crippen LogP contribution in [0, 0.1) is 5.82 Å². The Kier molecular flexibility index (Phi) is 4.01. The molecule has 0 unspecified atom stereocenters. The Bertz CT molecular complexity index is 668. The van der Waals surface area contributed by atoms with Gasteiger partial charge in [-0.1, -0.05) is 23.2 Å². The van der Waals surface area contributed by atoms with E-state index in [-0.39, 0.29) is 32.8 Å². The number of phenols is 2. The van der Waals surface area contributed by atoms with Gasteiger partial charge in [0.1, 0.15) is 11.6 Å². The summed E-state index contributed by atoms with van der Waals surface area (Å²) in [4.78, 5) is 11.9. The molecule has 0 fully saturated rings. The average molecular weight is 316 g/mol. The lowest BCUT2D eigenvalue weighted by atomic mass is 10.1. The van der Waals surface area contributed by atoms with Crippen molar-refractivity contribution in [3.63, 3.8) is 0 Å². The predicted molar refractivity (Wildman–Crippen MR) is 74.1 cm³/mol. The Morgan fingerprint density at radius 1 is 1.10 bits per heavy atom. The summed E-state index contributed by atoms with van der Waals surface area (Å²) in [6.07, 6.45) is 0. The first-order valence-electron chi connectivity index (χ1n) is 5.36. The van der Waals surface area contributed by atoms with E-state index in [1.807, 2.05) is 0 Å². The van der Waals surface area contributed by atoms with Crippen LogP contribution in [0.5, 0.6) is 11.5 Å². The fraction of sp³-hybridized carbons (Fsp3) is 0. The van der Waals surface area contributed by atoms with Crippen LogP contribution in [0.25, 0.3) is 0 Å². The smallest absolute Gasteiger partial charge is 0.259 e. The lowest BCUT2D eigenvalue weighted by Gasteiger charge is -2.09. The molecule has 2 aromatic rings. The zero-order chi connectivity index (χ0) is 14.9. The van der Waals surface area contributed by atoms with Gasteiger partial charge in [0.15, 0.2) is 5.75 Å². The van der Waals surface area contributed by atoms with Crippen molar-refractivity contribution in [3.8, 4) is 11.5 Å². The molecule has 0 spiro atoms. The quantitative estimate of drug-likeness (QED) is 0.738. The average Bonchev–Trinajstić information content (AvgIpc) is 2.38. The molecule has 7 heteroatoms. The summed E-state index contributed by atoms with van der Waals surface area (Å²) in [6.45, 7) is 0. The van der Waals surface area contributed by atoms with E-state index in [9.17, 15) is 19.4 Å². The first-order valence-corrected chi connectivity index (χ1v) is 6.12. The highest BCUT2D eigenvalue weighted by Crippen LogP contribution is 2.34. The maximum Gasteiger partial charge on any atom is 0.259 e. The predicted octanol–water partition coefficient (Wildman–Crippen LogP) is 3.80. The first-order chi connectivity index (χ1) is 9.38. The molecular formula is C13H8Cl2FNO3. The third kappa shape index (κ3) is 2.95. The number of amides is 1. The van der Waals surface area contributed by atoms with Gasteiger partial charge in [0.2, 0.25) is 0 Å². The Labute approximate surface area is 123 Å². The van der Waals surface area contributed by atoms with Crippen LogP contribution in [0.15, 0.2) is 30.3 Å². The molecule has 3 N–H and O–H groups in total. The Morgan fingerprint density at radius 3 is 2.30 bits per heavy atom. The topological polar surface area (TPSA) is 69.6 Å². The molecule has 0 aliphatic heterocycles. The van der Waals surface area contributed by atoms with Gasteiger partial charge in [-0.05, 0) is 30.3 Å². The third-order valence-electron chi connectivity index (χ3n) is 2.48. The molecule has 2 rings (SSSR count). The Hall–Kier alpha value is -1.98. The van der Waals surface area contributed by atoms with E-state index in [2.05, 4.69) is 5.32 Å². The second-order valence-corrected chi connectivity index (χ2v) is 4.72. The van der Waals surface area contributed by atoms with Crippen LogP contribution in [0.3, 0.4) is 0 Å². The zero-order valence-electron chi connectivity index (χ0n) is 9.82. The minimum absolute atomic E-state index is 0.0451. The summed E-state index contributed by atoms with van der Waals surface area (Å²) in [7, 11) is 0. The van der Waals surface area contributed by atoms with Gasteiger partial charge < -0.3 is 15.5 Å². The highest BCUT2D eigenvalue weighted by molar-refractivity contribution is 6.37. The number of rotatable bonds is 2. The number of hydrogen-bond acceptors (Lipinski definition) is 3. The van der Waals surface area contributed by atoms with Crippen LogP contribution in [-0.2, 0) is 0 Å². The van der Waals surface area contributed by atoms with Crippen molar-refractivity contribution in [3.05, 3.63) is 51.8 Å². The van der Waals surface area contributed by atoms with E-state index in [0.29, 0.717) is 0 Å². The molecule has 0 aromatic heterocycles. The summed E-state index contributed by atoms with van der Waals surface area (Å²) in [5.74, 6) is -2.06. The summed E-state index contributed by atoms with van der Waals surface area (Å²) < 4.78 is 13.1. The molecule has 1 amide bonds. The van der Waals surface area contributed by atoms with E-state index in [0.717, 1.165) is 18.2 Å². The van der Waals surface area contributed by atoms with E-state index >= 15 is 0 Å². The number of hydrogen-bond donors (Lipinski definition) is 3. The number of carbonyl (C=O) groups is 1. The standard InChI is InChI=1S/C13H8Cl2FNO3/c14-9-4-7(5-10(15)12(9)19)17-13(20)8-3-6(16)1-2-11(8)18/h1-5,18-19H,(H,17,20). The lowest BCUT2D eigenvalue weighted by Crippen LogP contribution is -2.12. The molecule has 104 valence electrons. The fourth-order valence-electron chi connectivity index (χ4n) is 1.53. The molecule has 0 saturated heterocycles. The number of carbonyl (C=O) groups excluding carboxylic acids is 1. The van der Waals surface area contributed by atoms with Gasteiger partial charge in [-0.15, -0.1) is 0 Å². The summed E-state index contributed by atoms with van der Waals surface area (Å²) in [5.41, 5.74) is -0.0308. The van der Waals surface area contributed by atoms with Crippen molar-refractivity contribution in [2.45, 2.75) is 0 Å². The third-order valence-corrected chi connectivity index (χ3v) is 3.05. The molecule has 0 aliphatic carbocycles. The molecule has 0 heterocycles. The fourth-order valence-corrected chi connectivity index (χ4v) is 2.01. The van der Waals surface area contributed by atoms with Gasteiger partial charge >= 0.3 is 0 Å². The van der Waals surface area contributed by atoms with E-state index in [1.54, 1.807) is 0 Å². The summed E-state index contributed by atoms with van der Waals surface area (Å²) in [6, 6.07) is 5.55. The highest BCUT2D eigenvalue weighted by Gasteiger charge is 2.14. The summed E-state index contributed by atoms with van der Waals surface area (Å²) in [5, 5.41) is 21.2. The first kappa shape index (κ1) is 14.4. The van der Waals surface area contributed by atoms with Crippen molar-refractivity contribution in [2.75, 3.05) is 5.32 Å². The van der Waals surface area contributed by atoms with Gasteiger partial charge in [0.05, 0.1) is 15.6 Å². The van der Waals surface area contributed by atoms with Gasteiger partial charge in [-0.2, -0.15) is 0 Å². The summed E-state index contributed by atoms with van der Waals surface area (Å²) >= 11 is 11.4. The van der Waals surface area contributed by atoms with Crippen LogP contribution in [0.2, 0.25) is 10.0 Å². The Morgan fingerprint density at radius 2 is 1.70 bits per heavy atom. The molecule has 2 aromatic carbocycles. The van der Waals surface area contributed by atoms with Gasteiger partial charge in [-0.3, -0.25) is 4.79 Å². The molecule has 4 nitrogen and oxygen atoms in total. The second-order valence-electron chi connectivity index (χ2n) is 3.90. The molecule has 20 heavy (non-hydrogen) atoms. The molecule has 0 atom stereocenters. The monoisotopic (exact) mass is 315 g/mol. The van der Waals surface area contributed by atoms with Crippen molar-refractivity contribution < 1.29 is 19.4 Å². The molecule has 0 radical (unpaired) electrons. The minimum Gasteiger partial charge on any atom is -0.507 e. The minimum atomic E-state index is -0.736. The van der Waals surface area contributed by atoms with Gasteiger partial charge in [0.25, 0.3) is 5.91 Å². The maximum atomic E-state index is 13.1. The maximum absolute atomic E-state index is 13.1. The van der Waals surface area contributed by atoms with Crippen LogP contribution >= 0.6 is 23.2 Å². The van der Waals surface area contributed by atoms with Gasteiger partial charge in [0, 0.05) is 5.69 Å². The van der Waals surface area contributed by atoms with E-state index in [4.69, 9.17) is 23.2 Å². The van der Waals surface area contributed by atoms with Crippen LogP contribution in [-0.4, -0.2) is 16.1 Å². The van der Waals surface area contributed by atoms with Crippen molar-refractivity contribution in [2.24, 2.45) is 0 Å². The SMILES string of the molecule is O=C(Nc1cc(Cl)c(O)c(Cl)c1)c1cc(F)ccc1O. The number of nitrogens with one attached hydrogen (secondary N) is 1. The van der Waals surface area contributed by atoms with Gasteiger partial charge in [-0.25, -0.2) is 4.39 Å².